The summed E-state index contributed by atoms with van der Waals surface area (Å²) >= 11 is 0. The summed E-state index contributed by atoms with van der Waals surface area (Å²) in [5.74, 6) is 0.286. The van der Waals surface area contributed by atoms with Gasteiger partial charge in [-0.1, -0.05) is 24.3 Å². The summed E-state index contributed by atoms with van der Waals surface area (Å²) in [5.41, 5.74) is 2.12. The van der Waals surface area contributed by atoms with Crippen LogP contribution in [0, 0.1) is 0 Å². The molecule has 0 radical (unpaired) electrons. The Bertz CT molecular complexity index is 712. The fourth-order valence-electron chi connectivity index (χ4n) is 2.53. The molecule has 92 valence electrons. The van der Waals surface area contributed by atoms with Gasteiger partial charge in [0, 0.05) is 31.8 Å². The van der Waals surface area contributed by atoms with Gasteiger partial charge in [-0.05, 0) is 17.5 Å². The average molecular weight is 242 g/mol. The van der Waals surface area contributed by atoms with Gasteiger partial charge in [-0.2, -0.15) is 0 Å². The van der Waals surface area contributed by atoms with Crippen molar-refractivity contribution in [2.24, 2.45) is 7.05 Å². The van der Waals surface area contributed by atoms with E-state index >= 15 is 0 Å². The van der Waals surface area contributed by atoms with Crippen LogP contribution in [0.25, 0.3) is 0 Å². The second-order valence-corrected chi connectivity index (χ2v) is 4.76. The zero-order valence-electron chi connectivity index (χ0n) is 10.2. The van der Waals surface area contributed by atoms with E-state index in [1.807, 2.05) is 12.1 Å². The minimum absolute atomic E-state index is 0.220. The maximum atomic E-state index is 11.9. The summed E-state index contributed by atoms with van der Waals surface area (Å²) in [6.07, 6.45) is 2.45. The van der Waals surface area contributed by atoms with Gasteiger partial charge in [-0.15, -0.1) is 0 Å². The highest BCUT2D eigenvalue weighted by Gasteiger charge is 2.26. The predicted octanol–water partition coefficient (Wildman–Crippen LogP) is 0.887. The van der Waals surface area contributed by atoms with Gasteiger partial charge in [0.15, 0.2) is 0 Å². The summed E-state index contributed by atoms with van der Waals surface area (Å²) in [6, 6.07) is 9.62. The molecule has 4 heteroatoms. The molecule has 1 heterocycles. The third-order valence-corrected chi connectivity index (χ3v) is 3.60. The van der Waals surface area contributed by atoms with E-state index < -0.39 is 0 Å². The molecule has 3 rings (SSSR count). The molecule has 0 spiro atoms. The highest BCUT2D eigenvalue weighted by atomic mass is 16.2. The standard InChI is InChI=1S/C14H14N2O2/c1-15-7-6-13(17)16(14(15)18)9-11-8-10-4-2-3-5-12(10)11/h2-7,11H,8-9H2,1H3. The van der Waals surface area contributed by atoms with E-state index in [1.165, 1.54) is 32.5 Å². The first-order valence-electron chi connectivity index (χ1n) is 6.01. The van der Waals surface area contributed by atoms with Crippen LogP contribution in [0.4, 0.5) is 0 Å². The zero-order valence-corrected chi connectivity index (χ0v) is 10.2. The molecule has 0 aliphatic heterocycles. The van der Waals surface area contributed by atoms with Gasteiger partial charge in [0.25, 0.3) is 5.56 Å². The predicted molar refractivity (Wildman–Crippen MR) is 68.8 cm³/mol. The van der Waals surface area contributed by atoms with Crippen LogP contribution in [0.2, 0.25) is 0 Å². The number of aryl methyl sites for hydroxylation is 1. The Hall–Kier alpha value is -2.10. The van der Waals surface area contributed by atoms with E-state index in [0.29, 0.717) is 6.54 Å². The van der Waals surface area contributed by atoms with Crippen LogP contribution in [-0.2, 0) is 20.0 Å². The Balaban J connectivity index is 1.95. The van der Waals surface area contributed by atoms with Gasteiger partial charge >= 0.3 is 5.69 Å². The molecule has 1 atom stereocenters. The van der Waals surface area contributed by atoms with E-state index in [2.05, 4.69) is 12.1 Å². The molecule has 0 saturated heterocycles. The monoisotopic (exact) mass is 242 g/mol. The Morgan fingerprint density at radius 1 is 1.22 bits per heavy atom. The van der Waals surface area contributed by atoms with Gasteiger partial charge in [0.2, 0.25) is 0 Å². The van der Waals surface area contributed by atoms with E-state index in [0.717, 1.165) is 6.42 Å². The lowest BCUT2D eigenvalue weighted by atomic mass is 9.77. The lowest BCUT2D eigenvalue weighted by molar-refractivity contribution is 0.472. The Labute approximate surface area is 104 Å². The second kappa shape index (κ2) is 3.98. The molecule has 0 fully saturated rings. The number of aromatic nitrogens is 2. The molecule has 1 aliphatic carbocycles. The number of rotatable bonds is 2. The molecule has 1 aromatic heterocycles. The Morgan fingerprint density at radius 3 is 2.78 bits per heavy atom. The van der Waals surface area contributed by atoms with Crippen LogP contribution in [0.5, 0.6) is 0 Å². The largest absolute Gasteiger partial charge is 0.330 e. The molecule has 0 N–H and O–H groups in total. The molecule has 0 amide bonds. The van der Waals surface area contributed by atoms with E-state index in [1.54, 1.807) is 7.05 Å². The van der Waals surface area contributed by atoms with Crippen LogP contribution in [0.1, 0.15) is 17.0 Å². The second-order valence-electron chi connectivity index (χ2n) is 4.76. The Morgan fingerprint density at radius 2 is 2.00 bits per heavy atom. The lowest BCUT2D eigenvalue weighted by Crippen LogP contribution is -2.40. The van der Waals surface area contributed by atoms with Crippen molar-refractivity contribution in [3.8, 4) is 0 Å². The third kappa shape index (κ3) is 1.61. The summed E-state index contributed by atoms with van der Waals surface area (Å²) in [4.78, 5) is 23.6. The first-order chi connectivity index (χ1) is 8.66. The fourth-order valence-corrected chi connectivity index (χ4v) is 2.53. The number of fused-ring (bicyclic) bond motifs is 1. The van der Waals surface area contributed by atoms with Crippen LogP contribution in [-0.4, -0.2) is 9.13 Å². The molecular formula is C14H14N2O2. The highest BCUT2D eigenvalue weighted by Crippen LogP contribution is 2.35. The van der Waals surface area contributed by atoms with E-state index in [9.17, 15) is 9.59 Å². The molecule has 18 heavy (non-hydrogen) atoms. The van der Waals surface area contributed by atoms with Crippen molar-refractivity contribution >= 4 is 0 Å². The molecule has 1 aromatic carbocycles. The minimum Gasteiger partial charge on any atom is -0.303 e. The number of hydrogen-bond donors (Lipinski definition) is 0. The smallest absolute Gasteiger partial charge is 0.303 e. The van der Waals surface area contributed by atoms with Crippen molar-refractivity contribution in [3.63, 3.8) is 0 Å². The van der Waals surface area contributed by atoms with Gasteiger partial charge in [0.1, 0.15) is 0 Å². The molecule has 2 aromatic rings. The molecule has 0 saturated carbocycles. The average Bonchev–Trinajstić information content (AvgIpc) is 2.35. The van der Waals surface area contributed by atoms with Crippen LogP contribution >= 0.6 is 0 Å². The maximum absolute atomic E-state index is 11.9. The number of benzene rings is 1. The first-order valence-corrected chi connectivity index (χ1v) is 6.01. The van der Waals surface area contributed by atoms with Gasteiger partial charge in [-0.3, -0.25) is 9.36 Å². The SMILES string of the molecule is Cn1ccc(=O)n(CC2Cc3ccccc32)c1=O. The summed E-state index contributed by atoms with van der Waals surface area (Å²) in [6.45, 7) is 0.476. The van der Waals surface area contributed by atoms with Crippen LogP contribution in [0.3, 0.4) is 0 Å². The summed E-state index contributed by atoms with van der Waals surface area (Å²) < 4.78 is 2.76. The normalized spacial score (nSPS) is 17.1. The first kappa shape index (κ1) is 11.0. The molecule has 1 unspecified atom stereocenters. The van der Waals surface area contributed by atoms with Crippen LogP contribution in [0.15, 0.2) is 46.1 Å². The number of hydrogen-bond acceptors (Lipinski definition) is 2. The third-order valence-electron chi connectivity index (χ3n) is 3.60. The minimum atomic E-state index is -0.244. The molecular weight excluding hydrogens is 228 g/mol. The summed E-state index contributed by atoms with van der Waals surface area (Å²) in [5, 5.41) is 0. The van der Waals surface area contributed by atoms with Crippen molar-refractivity contribution in [1.82, 2.24) is 9.13 Å². The van der Waals surface area contributed by atoms with E-state index in [4.69, 9.17) is 0 Å². The molecule has 0 bridgehead atoms. The van der Waals surface area contributed by atoms with E-state index in [-0.39, 0.29) is 17.2 Å². The van der Waals surface area contributed by atoms with Crippen LogP contribution < -0.4 is 11.2 Å². The van der Waals surface area contributed by atoms with Crippen molar-refractivity contribution in [3.05, 3.63) is 68.5 Å². The zero-order chi connectivity index (χ0) is 12.7. The fraction of sp³-hybridized carbons (Fsp3) is 0.286. The van der Waals surface area contributed by atoms with Gasteiger partial charge < -0.3 is 4.57 Å². The number of nitrogens with zero attached hydrogens (tertiary/aromatic N) is 2. The topological polar surface area (TPSA) is 44.0 Å². The lowest BCUT2D eigenvalue weighted by Gasteiger charge is -2.30. The Kier molecular flexibility index (Phi) is 2.44. The van der Waals surface area contributed by atoms with Crippen molar-refractivity contribution in [2.75, 3.05) is 0 Å². The molecule has 1 aliphatic rings. The van der Waals surface area contributed by atoms with Crippen molar-refractivity contribution in [1.29, 1.82) is 0 Å². The summed E-state index contributed by atoms with van der Waals surface area (Å²) in [7, 11) is 1.66. The van der Waals surface area contributed by atoms with Crippen molar-refractivity contribution < 1.29 is 0 Å². The highest BCUT2D eigenvalue weighted by molar-refractivity contribution is 5.39. The quantitative estimate of drug-likeness (QED) is 0.785. The van der Waals surface area contributed by atoms with Crippen molar-refractivity contribution in [2.45, 2.75) is 18.9 Å². The van der Waals surface area contributed by atoms with Gasteiger partial charge in [0.05, 0.1) is 0 Å². The van der Waals surface area contributed by atoms with Gasteiger partial charge in [-0.25, -0.2) is 4.79 Å². The maximum Gasteiger partial charge on any atom is 0.330 e. The molecule has 4 nitrogen and oxygen atoms in total.